The number of anilines is 2. The van der Waals surface area contributed by atoms with Gasteiger partial charge in [0, 0.05) is 29.8 Å². The highest BCUT2D eigenvalue weighted by Gasteiger charge is 2.14. The van der Waals surface area contributed by atoms with Gasteiger partial charge < -0.3 is 10.6 Å². The molecule has 27 heavy (non-hydrogen) atoms. The Balaban J connectivity index is 1.95. The highest BCUT2D eigenvalue weighted by Crippen LogP contribution is 2.34. The normalized spacial score (nSPS) is 10.9. The molecule has 0 saturated carbocycles. The Kier molecular flexibility index (Phi) is 4.49. The van der Waals surface area contributed by atoms with Crippen molar-refractivity contribution in [2.45, 2.75) is 0 Å². The Hall–Kier alpha value is -2.99. The Bertz CT molecular complexity index is 1110. The van der Waals surface area contributed by atoms with Crippen LogP contribution in [0.15, 0.2) is 65.4 Å². The molecule has 0 fully saturated rings. The fraction of sp³-hybridized carbons (Fsp3) is 0.0952. The minimum absolute atomic E-state index is 0.432. The van der Waals surface area contributed by atoms with Gasteiger partial charge in [0.2, 0.25) is 0 Å². The molecule has 0 amide bonds. The van der Waals surface area contributed by atoms with Crippen LogP contribution in [-0.2, 0) is 0 Å². The number of nitrogens with two attached hydrogens (primary N) is 1. The van der Waals surface area contributed by atoms with Crippen molar-refractivity contribution in [1.82, 2.24) is 15.0 Å². The molecule has 0 radical (unpaired) electrons. The molecule has 4 aromatic rings. The summed E-state index contributed by atoms with van der Waals surface area (Å²) in [7, 11) is 4.04. The van der Waals surface area contributed by atoms with Gasteiger partial charge in [-0.3, -0.25) is 0 Å². The molecule has 0 aliphatic rings. The van der Waals surface area contributed by atoms with Crippen LogP contribution in [0.4, 0.5) is 11.5 Å². The van der Waals surface area contributed by atoms with Crippen LogP contribution in [0.2, 0.25) is 0 Å². The zero-order chi connectivity index (χ0) is 19.0. The molecule has 6 heteroatoms. The van der Waals surface area contributed by atoms with Crippen LogP contribution in [0, 0.1) is 0 Å². The Morgan fingerprint density at radius 2 is 1.56 bits per heavy atom. The molecule has 2 aromatic heterocycles. The van der Waals surface area contributed by atoms with E-state index in [1.54, 1.807) is 0 Å². The van der Waals surface area contributed by atoms with Crippen LogP contribution in [0.3, 0.4) is 0 Å². The third-order valence-electron chi connectivity index (χ3n) is 4.47. The maximum atomic E-state index is 6.18. The summed E-state index contributed by atoms with van der Waals surface area (Å²) in [6.07, 6.45) is 1.45. The smallest absolute Gasteiger partial charge is 0.165 e. The van der Waals surface area contributed by atoms with Crippen LogP contribution in [0.5, 0.6) is 0 Å². The van der Waals surface area contributed by atoms with Crippen LogP contribution in [0.1, 0.15) is 0 Å². The number of hydrogen-bond donors (Lipinski definition) is 1. The van der Waals surface area contributed by atoms with E-state index in [4.69, 9.17) is 10.7 Å². The van der Waals surface area contributed by atoms with Gasteiger partial charge in [-0.2, -0.15) is 0 Å². The monoisotopic (exact) mass is 419 g/mol. The van der Waals surface area contributed by atoms with Crippen LogP contribution in [-0.4, -0.2) is 29.0 Å². The number of fused-ring (bicyclic) bond motifs is 1. The summed E-state index contributed by atoms with van der Waals surface area (Å²) in [6, 6.07) is 18.5. The second kappa shape index (κ2) is 6.96. The van der Waals surface area contributed by atoms with Crippen LogP contribution < -0.4 is 10.6 Å². The average Bonchev–Trinajstić information content (AvgIpc) is 2.68. The fourth-order valence-corrected chi connectivity index (χ4v) is 3.29. The Morgan fingerprint density at radius 3 is 2.22 bits per heavy atom. The predicted molar refractivity (Wildman–Crippen MR) is 115 cm³/mol. The summed E-state index contributed by atoms with van der Waals surface area (Å²) in [5.41, 5.74) is 11.8. The van der Waals surface area contributed by atoms with E-state index < -0.39 is 0 Å². The van der Waals surface area contributed by atoms with Crippen molar-refractivity contribution < 1.29 is 0 Å². The van der Waals surface area contributed by atoms with E-state index in [0.29, 0.717) is 11.5 Å². The standard InChI is InChI=1S/C21H18BrN5/c1-27(2)16-9-5-13(6-10-16)17-11-18(14-3-7-15(22)8-4-14)26-21-19(17)20(23)24-12-25-21/h3-12H,1-2H3,(H2,23,24,25,26). The van der Waals surface area contributed by atoms with Crippen molar-refractivity contribution in [3.05, 3.63) is 65.4 Å². The van der Waals surface area contributed by atoms with Crippen molar-refractivity contribution in [3.63, 3.8) is 0 Å². The second-order valence-corrected chi connectivity index (χ2v) is 7.38. The number of nitrogen functional groups attached to an aromatic ring is 1. The first-order valence-electron chi connectivity index (χ1n) is 8.48. The zero-order valence-corrected chi connectivity index (χ0v) is 16.6. The van der Waals surface area contributed by atoms with Crippen molar-refractivity contribution in [2.75, 3.05) is 24.7 Å². The maximum absolute atomic E-state index is 6.18. The number of nitrogens with zero attached hydrogens (tertiary/aromatic N) is 4. The number of halogens is 1. The minimum atomic E-state index is 0.432. The number of hydrogen-bond acceptors (Lipinski definition) is 5. The first-order chi connectivity index (χ1) is 13.0. The molecule has 0 atom stereocenters. The molecular formula is C21H18BrN5. The lowest BCUT2D eigenvalue weighted by Crippen LogP contribution is -2.08. The summed E-state index contributed by atoms with van der Waals surface area (Å²) in [5, 5.41) is 0.774. The van der Waals surface area contributed by atoms with Gasteiger partial charge in [0.15, 0.2) is 5.65 Å². The van der Waals surface area contributed by atoms with Gasteiger partial charge >= 0.3 is 0 Å². The van der Waals surface area contributed by atoms with Crippen LogP contribution >= 0.6 is 15.9 Å². The molecule has 0 spiro atoms. The van der Waals surface area contributed by atoms with Gasteiger partial charge in [0.05, 0.1) is 11.1 Å². The molecule has 2 heterocycles. The highest BCUT2D eigenvalue weighted by molar-refractivity contribution is 9.10. The summed E-state index contributed by atoms with van der Waals surface area (Å²) >= 11 is 3.48. The summed E-state index contributed by atoms with van der Waals surface area (Å²) in [5.74, 6) is 0.432. The molecule has 0 aliphatic heterocycles. The van der Waals surface area contributed by atoms with E-state index in [0.717, 1.165) is 37.9 Å². The van der Waals surface area contributed by atoms with Gasteiger partial charge in [-0.1, -0.05) is 40.2 Å². The van der Waals surface area contributed by atoms with E-state index in [9.17, 15) is 0 Å². The van der Waals surface area contributed by atoms with Crippen molar-refractivity contribution in [2.24, 2.45) is 0 Å². The van der Waals surface area contributed by atoms with Gasteiger partial charge in [-0.05, 0) is 41.5 Å². The SMILES string of the molecule is CN(C)c1ccc(-c2cc(-c3ccc(Br)cc3)nc3ncnc(N)c23)cc1. The van der Waals surface area contributed by atoms with Crippen molar-refractivity contribution in [1.29, 1.82) is 0 Å². The van der Waals surface area contributed by atoms with E-state index in [1.807, 2.05) is 38.4 Å². The third kappa shape index (κ3) is 3.36. The van der Waals surface area contributed by atoms with Crippen LogP contribution in [0.25, 0.3) is 33.4 Å². The minimum Gasteiger partial charge on any atom is -0.383 e. The highest BCUT2D eigenvalue weighted by atomic mass is 79.9. The molecule has 0 bridgehead atoms. The Labute approximate surface area is 166 Å². The number of rotatable bonds is 3. The van der Waals surface area contributed by atoms with Gasteiger partial charge in [0.1, 0.15) is 12.1 Å². The van der Waals surface area contributed by atoms with E-state index >= 15 is 0 Å². The van der Waals surface area contributed by atoms with Crippen molar-refractivity contribution in [3.8, 4) is 22.4 Å². The Morgan fingerprint density at radius 1 is 0.889 bits per heavy atom. The molecule has 2 aromatic carbocycles. The first-order valence-corrected chi connectivity index (χ1v) is 9.27. The molecule has 5 nitrogen and oxygen atoms in total. The van der Waals surface area contributed by atoms with E-state index in [2.05, 4.69) is 61.1 Å². The lowest BCUT2D eigenvalue weighted by Gasteiger charge is -2.14. The summed E-state index contributed by atoms with van der Waals surface area (Å²) in [4.78, 5) is 15.3. The van der Waals surface area contributed by atoms with Gasteiger partial charge in [-0.15, -0.1) is 0 Å². The molecule has 0 saturated heterocycles. The lowest BCUT2D eigenvalue weighted by atomic mass is 9.99. The zero-order valence-electron chi connectivity index (χ0n) is 15.0. The molecule has 2 N–H and O–H groups in total. The molecule has 4 rings (SSSR count). The van der Waals surface area contributed by atoms with E-state index in [1.165, 1.54) is 6.33 Å². The largest absolute Gasteiger partial charge is 0.383 e. The topological polar surface area (TPSA) is 67.9 Å². The van der Waals surface area contributed by atoms with Gasteiger partial charge in [-0.25, -0.2) is 15.0 Å². The maximum Gasteiger partial charge on any atom is 0.165 e. The molecule has 134 valence electrons. The average molecular weight is 420 g/mol. The summed E-state index contributed by atoms with van der Waals surface area (Å²) < 4.78 is 1.03. The molecule has 0 unspecified atom stereocenters. The van der Waals surface area contributed by atoms with Crippen molar-refractivity contribution >= 4 is 38.5 Å². The van der Waals surface area contributed by atoms with E-state index in [-0.39, 0.29) is 0 Å². The molecule has 0 aliphatic carbocycles. The predicted octanol–water partition coefficient (Wildman–Crippen LogP) is 4.77. The lowest BCUT2D eigenvalue weighted by molar-refractivity contribution is 1.13. The second-order valence-electron chi connectivity index (χ2n) is 6.46. The van der Waals surface area contributed by atoms with Gasteiger partial charge in [0.25, 0.3) is 0 Å². The first kappa shape index (κ1) is 17.4. The quantitative estimate of drug-likeness (QED) is 0.517. The number of aromatic nitrogens is 3. The third-order valence-corrected chi connectivity index (χ3v) is 5.00. The summed E-state index contributed by atoms with van der Waals surface area (Å²) in [6.45, 7) is 0. The molecular weight excluding hydrogens is 402 g/mol. The fourth-order valence-electron chi connectivity index (χ4n) is 3.02. The number of pyridine rings is 1. The number of benzene rings is 2.